The van der Waals surface area contributed by atoms with Crippen LogP contribution in [0.15, 0.2) is 72.8 Å². The summed E-state index contributed by atoms with van der Waals surface area (Å²) in [5.41, 5.74) is 15.5. The SMILES string of the molecule is Nc1ccc(-c2ccc(-c3ccc(-c4ccc(N)cc4)s3)s2)cc1. The van der Waals surface area contributed by atoms with Crippen molar-refractivity contribution in [3.8, 4) is 30.6 Å². The third-order valence-electron chi connectivity index (χ3n) is 3.85. The molecular formula is C20H16N2S2. The van der Waals surface area contributed by atoms with Crippen LogP contribution in [-0.4, -0.2) is 0 Å². The smallest absolute Gasteiger partial charge is 0.0449 e. The summed E-state index contributed by atoms with van der Waals surface area (Å²) in [7, 11) is 0. The van der Waals surface area contributed by atoms with Gasteiger partial charge in [0.1, 0.15) is 0 Å². The van der Waals surface area contributed by atoms with Gasteiger partial charge in [-0.15, -0.1) is 22.7 Å². The standard InChI is InChI=1S/C20H16N2S2/c21-15-5-1-13(2-6-15)17-9-11-19(23-17)20-12-10-18(24-20)14-3-7-16(22)8-4-14/h1-12H,21-22H2. The Morgan fingerprint density at radius 2 is 0.750 bits per heavy atom. The molecule has 0 aliphatic heterocycles. The molecule has 118 valence electrons. The number of anilines is 2. The Morgan fingerprint density at radius 3 is 1.12 bits per heavy atom. The molecule has 4 N–H and O–H groups in total. The highest BCUT2D eigenvalue weighted by Crippen LogP contribution is 2.40. The van der Waals surface area contributed by atoms with Crippen molar-refractivity contribution in [2.24, 2.45) is 0 Å². The predicted octanol–water partition coefficient (Wildman–Crippen LogP) is 5.98. The highest BCUT2D eigenvalue weighted by atomic mass is 32.1. The van der Waals surface area contributed by atoms with Crippen LogP contribution in [0.4, 0.5) is 11.4 Å². The first-order chi connectivity index (χ1) is 11.7. The van der Waals surface area contributed by atoms with Crippen LogP contribution in [0.5, 0.6) is 0 Å². The monoisotopic (exact) mass is 348 g/mol. The molecular weight excluding hydrogens is 332 g/mol. The molecule has 2 nitrogen and oxygen atoms in total. The molecule has 0 saturated heterocycles. The fourth-order valence-electron chi connectivity index (χ4n) is 2.55. The van der Waals surface area contributed by atoms with Crippen LogP contribution in [0, 0.1) is 0 Å². The third kappa shape index (κ3) is 2.94. The molecule has 0 fully saturated rings. The first-order valence-corrected chi connectivity index (χ1v) is 9.24. The molecule has 0 bridgehead atoms. The summed E-state index contributed by atoms with van der Waals surface area (Å²) in [5, 5.41) is 0. The van der Waals surface area contributed by atoms with Crippen molar-refractivity contribution in [3.05, 3.63) is 72.8 Å². The Morgan fingerprint density at radius 1 is 0.417 bits per heavy atom. The first-order valence-electron chi connectivity index (χ1n) is 7.61. The summed E-state index contributed by atoms with van der Waals surface area (Å²) < 4.78 is 0. The van der Waals surface area contributed by atoms with Gasteiger partial charge in [-0.25, -0.2) is 0 Å². The van der Waals surface area contributed by atoms with Crippen LogP contribution in [0.1, 0.15) is 0 Å². The molecule has 0 radical (unpaired) electrons. The zero-order valence-electron chi connectivity index (χ0n) is 12.9. The quantitative estimate of drug-likeness (QED) is 0.448. The van der Waals surface area contributed by atoms with Crippen LogP contribution < -0.4 is 11.5 Å². The predicted molar refractivity (Wildman–Crippen MR) is 107 cm³/mol. The largest absolute Gasteiger partial charge is 0.399 e. The Labute approximate surface area is 149 Å². The number of rotatable bonds is 3. The number of nitrogen functional groups attached to an aromatic ring is 2. The van der Waals surface area contributed by atoms with E-state index in [1.807, 2.05) is 24.3 Å². The molecule has 2 heterocycles. The molecule has 0 amide bonds. The Kier molecular flexibility index (Phi) is 3.84. The Balaban J connectivity index is 1.63. The van der Waals surface area contributed by atoms with E-state index in [1.165, 1.54) is 30.6 Å². The fourth-order valence-corrected chi connectivity index (χ4v) is 4.66. The van der Waals surface area contributed by atoms with E-state index >= 15 is 0 Å². The van der Waals surface area contributed by atoms with Gasteiger partial charge >= 0.3 is 0 Å². The second-order valence-corrected chi connectivity index (χ2v) is 7.74. The summed E-state index contributed by atoms with van der Waals surface area (Å²) in [6.45, 7) is 0. The van der Waals surface area contributed by atoms with Gasteiger partial charge in [0, 0.05) is 30.9 Å². The summed E-state index contributed by atoms with van der Waals surface area (Å²) in [5.74, 6) is 0. The van der Waals surface area contributed by atoms with E-state index in [0.717, 1.165) is 11.4 Å². The zero-order chi connectivity index (χ0) is 16.5. The molecule has 2 aromatic heterocycles. The molecule has 0 aliphatic carbocycles. The molecule has 4 aromatic rings. The maximum absolute atomic E-state index is 5.77. The average molecular weight is 348 g/mol. The van der Waals surface area contributed by atoms with Crippen LogP contribution in [0.3, 0.4) is 0 Å². The number of thiophene rings is 2. The summed E-state index contributed by atoms with van der Waals surface area (Å²) in [6.07, 6.45) is 0. The summed E-state index contributed by atoms with van der Waals surface area (Å²) >= 11 is 3.61. The highest BCUT2D eigenvalue weighted by molar-refractivity contribution is 7.25. The molecule has 0 aliphatic rings. The van der Waals surface area contributed by atoms with Gasteiger partial charge < -0.3 is 11.5 Å². The van der Waals surface area contributed by atoms with Gasteiger partial charge in [0.25, 0.3) is 0 Å². The molecule has 0 atom stereocenters. The van der Waals surface area contributed by atoms with Gasteiger partial charge in [0.2, 0.25) is 0 Å². The molecule has 0 spiro atoms. The number of nitrogens with two attached hydrogens (primary N) is 2. The molecule has 0 unspecified atom stereocenters. The highest BCUT2D eigenvalue weighted by Gasteiger charge is 2.09. The van der Waals surface area contributed by atoms with Crippen molar-refractivity contribution in [1.82, 2.24) is 0 Å². The van der Waals surface area contributed by atoms with Gasteiger partial charge in [0.05, 0.1) is 0 Å². The number of hydrogen-bond donors (Lipinski definition) is 2. The Bertz CT molecular complexity index is 882. The van der Waals surface area contributed by atoms with Crippen LogP contribution >= 0.6 is 22.7 Å². The lowest BCUT2D eigenvalue weighted by Gasteiger charge is -1.98. The maximum atomic E-state index is 5.77. The second-order valence-electron chi connectivity index (χ2n) is 5.57. The van der Waals surface area contributed by atoms with E-state index in [2.05, 4.69) is 48.5 Å². The zero-order valence-corrected chi connectivity index (χ0v) is 14.5. The van der Waals surface area contributed by atoms with E-state index in [0.29, 0.717) is 0 Å². The normalized spacial score (nSPS) is 10.8. The minimum atomic E-state index is 0.793. The van der Waals surface area contributed by atoms with Crippen molar-refractivity contribution in [2.45, 2.75) is 0 Å². The van der Waals surface area contributed by atoms with Crippen molar-refractivity contribution in [1.29, 1.82) is 0 Å². The van der Waals surface area contributed by atoms with Crippen molar-refractivity contribution >= 4 is 34.0 Å². The average Bonchev–Trinajstić information content (AvgIpc) is 3.25. The minimum absolute atomic E-state index is 0.793. The number of benzene rings is 2. The first kappa shape index (κ1) is 15.0. The van der Waals surface area contributed by atoms with Crippen LogP contribution in [-0.2, 0) is 0 Å². The minimum Gasteiger partial charge on any atom is -0.399 e. The fraction of sp³-hybridized carbons (Fsp3) is 0. The maximum Gasteiger partial charge on any atom is 0.0449 e. The third-order valence-corrected chi connectivity index (χ3v) is 6.31. The number of hydrogen-bond acceptors (Lipinski definition) is 4. The van der Waals surface area contributed by atoms with E-state index in [-0.39, 0.29) is 0 Å². The lowest BCUT2D eigenvalue weighted by molar-refractivity contribution is 1.68. The molecule has 24 heavy (non-hydrogen) atoms. The van der Waals surface area contributed by atoms with Crippen molar-refractivity contribution in [2.75, 3.05) is 11.5 Å². The van der Waals surface area contributed by atoms with Crippen LogP contribution in [0.25, 0.3) is 30.6 Å². The van der Waals surface area contributed by atoms with Crippen LogP contribution in [0.2, 0.25) is 0 Å². The van der Waals surface area contributed by atoms with E-state index in [1.54, 1.807) is 22.7 Å². The molecule has 4 heteroatoms. The van der Waals surface area contributed by atoms with Crippen molar-refractivity contribution in [3.63, 3.8) is 0 Å². The van der Waals surface area contributed by atoms with E-state index in [4.69, 9.17) is 11.5 Å². The van der Waals surface area contributed by atoms with Gasteiger partial charge in [-0.2, -0.15) is 0 Å². The second kappa shape index (κ2) is 6.15. The lowest BCUT2D eigenvalue weighted by Crippen LogP contribution is -1.82. The molecule has 0 saturated carbocycles. The lowest BCUT2D eigenvalue weighted by atomic mass is 10.2. The van der Waals surface area contributed by atoms with Gasteiger partial charge in [-0.1, -0.05) is 24.3 Å². The van der Waals surface area contributed by atoms with Gasteiger partial charge in [-0.3, -0.25) is 0 Å². The van der Waals surface area contributed by atoms with E-state index < -0.39 is 0 Å². The Hall–Kier alpha value is -2.56. The summed E-state index contributed by atoms with van der Waals surface area (Å²) in [6, 6.07) is 24.8. The molecule has 4 rings (SSSR count). The van der Waals surface area contributed by atoms with Gasteiger partial charge in [-0.05, 0) is 59.7 Å². The topological polar surface area (TPSA) is 52.0 Å². The van der Waals surface area contributed by atoms with Crippen molar-refractivity contribution < 1.29 is 0 Å². The van der Waals surface area contributed by atoms with E-state index in [9.17, 15) is 0 Å². The summed E-state index contributed by atoms with van der Waals surface area (Å²) in [4.78, 5) is 5.09. The van der Waals surface area contributed by atoms with Gasteiger partial charge in [0.15, 0.2) is 0 Å². The molecule has 2 aromatic carbocycles.